The van der Waals surface area contributed by atoms with Gasteiger partial charge in [0.25, 0.3) is 0 Å². The second kappa shape index (κ2) is 5.94. The van der Waals surface area contributed by atoms with Gasteiger partial charge in [0.05, 0.1) is 11.9 Å². The Kier molecular flexibility index (Phi) is 3.44. The number of aromatic amines is 1. The van der Waals surface area contributed by atoms with E-state index in [4.69, 9.17) is 0 Å². The number of aromatic nitrogens is 6. The highest BCUT2D eigenvalue weighted by atomic mass is 15.3. The lowest BCUT2D eigenvalue weighted by atomic mass is 10.1. The van der Waals surface area contributed by atoms with Gasteiger partial charge in [-0.15, -0.1) is 10.2 Å². The topological polar surface area (TPSA) is 75.5 Å². The summed E-state index contributed by atoms with van der Waals surface area (Å²) in [4.78, 5) is 14.5. The fourth-order valence-electron chi connectivity index (χ4n) is 3.67. The Hall–Kier alpha value is -3.22. The Bertz CT molecular complexity index is 1060. The van der Waals surface area contributed by atoms with Gasteiger partial charge in [0.15, 0.2) is 11.6 Å². The monoisotopic (exact) mass is 345 g/mol. The predicted octanol–water partition coefficient (Wildman–Crippen LogP) is 2.80. The van der Waals surface area contributed by atoms with Crippen molar-refractivity contribution < 1.29 is 0 Å². The van der Waals surface area contributed by atoms with Crippen LogP contribution in [0.15, 0.2) is 42.9 Å². The third-order valence-electron chi connectivity index (χ3n) is 5.00. The van der Waals surface area contributed by atoms with Gasteiger partial charge in [-0.25, -0.2) is 9.97 Å². The minimum Gasteiger partial charge on any atom is -0.347 e. The number of nitrogens with one attached hydrogen (secondary N) is 1. The van der Waals surface area contributed by atoms with E-state index in [1.54, 1.807) is 6.33 Å². The van der Waals surface area contributed by atoms with E-state index in [-0.39, 0.29) is 0 Å². The quantitative estimate of drug-likeness (QED) is 0.618. The van der Waals surface area contributed by atoms with Crippen molar-refractivity contribution in [3.05, 3.63) is 54.2 Å². The molecule has 0 fully saturated rings. The van der Waals surface area contributed by atoms with Gasteiger partial charge >= 0.3 is 0 Å². The molecule has 1 N–H and O–H groups in total. The molecule has 1 aliphatic rings. The molecule has 5 rings (SSSR count). The van der Waals surface area contributed by atoms with Crippen molar-refractivity contribution in [1.29, 1.82) is 0 Å². The third-order valence-corrected chi connectivity index (χ3v) is 5.00. The van der Waals surface area contributed by atoms with Crippen LogP contribution in [0.1, 0.15) is 18.3 Å². The zero-order valence-electron chi connectivity index (χ0n) is 14.6. The SMILES string of the molecule is CCc1c[nH]c2ncnc(N3CCn4c(nnc4-c4ccccc4)C3)c12. The first-order chi connectivity index (χ1) is 12.8. The molecule has 0 amide bonds. The van der Waals surface area contributed by atoms with Crippen molar-refractivity contribution >= 4 is 16.9 Å². The fourth-order valence-corrected chi connectivity index (χ4v) is 3.67. The fraction of sp³-hybridized carbons (Fsp3) is 0.263. The van der Waals surface area contributed by atoms with E-state index >= 15 is 0 Å². The summed E-state index contributed by atoms with van der Waals surface area (Å²) in [6, 6.07) is 10.2. The minimum atomic E-state index is 0.695. The van der Waals surface area contributed by atoms with Crippen LogP contribution in [0.2, 0.25) is 0 Å². The summed E-state index contributed by atoms with van der Waals surface area (Å²) in [6.07, 6.45) is 4.60. The number of aryl methyl sites for hydroxylation is 1. The molecule has 0 bridgehead atoms. The maximum atomic E-state index is 4.59. The molecule has 3 aromatic heterocycles. The summed E-state index contributed by atoms with van der Waals surface area (Å²) in [5.74, 6) is 2.88. The second-order valence-electron chi connectivity index (χ2n) is 6.47. The van der Waals surface area contributed by atoms with Crippen molar-refractivity contribution in [3.8, 4) is 11.4 Å². The normalized spacial score (nSPS) is 14.0. The summed E-state index contributed by atoms with van der Waals surface area (Å²) >= 11 is 0. The van der Waals surface area contributed by atoms with E-state index in [9.17, 15) is 0 Å². The van der Waals surface area contributed by atoms with Crippen LogP contribution in [0.25, 0.3) is 22.4 Å². The standard InChI is InChI=1S/C19H19N7/c1-2-13-10-20-17-16(13)19(22-12-21-17)25-8-9-26-15(11-25)23-24-18(26)14-6-4-3-5-7-14/h3-7,10,12H,2,8-9,11H2,1H3,(H,20,21,22). The Morgan fingerprint density at radius 3 is 2.81 bits per heavy atom. The zero-order chi connectivity index (χ0) is 17.5. The van der Waals surface area contributed by atoms with E-state index < -0.39 is 0 Å². The Labute approximate surface area is 150 Å². The maximum Gasteiger partial charge on any atom is 0.164 e. The van der Waals surface area contributed by atoms with Crippen LogP contribution >= 0.6 is 0 Å². The lowest BCUT2D eigenvalue weighted by Gasteiger charge is -2.29. The van der Waals surface area contributed by atoms with Crippen molar-refractivity contribution in [2.24, 2.45) is 0 Å². The minimum absolute atomic E-state index is 0.695. The molecule has 7 heteroatoms. The average molecular weight is 345 g/mol. The molecule has 0 spiro atoms. The Morgan fingerprint density at radius 1 is 1.08 bits per heavy atom. The van der Waals surface area contributed by atoms with Crippen molar-refractivity contribution in [2.75, 3.05) is 11.4 Å². The molecule has 7 nitrogen and oxygen atoms in total. The number of H-pyrrole nitrogens is 1. The first-order valence-corrected chi connectivity index (χ1v) is 8.88. The molecule has 0 aliphatic carbocycles. The van der Waals surface area contributed by atoms with Crippen LogP contribution in [0.4, 0.5) is 5.82 Å². The van der Waals surface area contributed by atoms with Gasteiger partial charge < -0.3 is 14.5 Å². The lowest BCUT2D eigenvalue weighted by molar-refractivity contribution is 0.561. The van der Waals surface area contributed by atoms with Gasteiger partial charge in [0.1, 0.15) is 17.8 Å². The maximum absolute atomic E-state index is 4.59. The van der Waals surface area contributed by atoms with Crippen molar-refractivity contribution in [1.82, 2.24) is 29.7 Å². The van der Waals surface area contributed by atoms with Gasteiger partial charge in [0, 0.05) is 24.8 Å². The molecule has 1 aliphatic heterocycles. The Balaban J connectivity index is 1.53. The van der Waals surface area contributed by atoms with Crippen LogP contribution in [-0.2, 0) is 19.5 Å². The van der Waals surface area contributed by atoms with E-state index in [0.717, 1.165) is 53.6 Å². The predicted molar refractivity (Wildman–Crippen MR) is 99.8 cm³/mol. The number of nitrogens with zero attached hydrogens (tertiary/aromatic N) is 6. The van der Waals surface area contributed by atoms with Gasteiger partial charge in [-0.05, 0) is 12.0 Å². The highest BCUT2D eigenvalue weighted by Crippen LogP contribution is 2.30. The molecular weight excluding hydrogens is 326 g/mol. The number of rotatable bonds is 3. The molecule has 0 atom stereocenters. The Morgan fingerprint density at radius 2 is 1.96 bits per heavy atom. The number of hydrogen-bond donors (Lipinski definition) is 1. The van der Waals surface area contributed by atoms with E-state index in [0.29, 0.717) is 6.54 Å². The molecule has 0 unspecified atom stereocenters. The number of fused-ring (bicyclic) bond motifs is 2. The van der Waals surface area contributed by atoms with Gasteiger partial charge in [-0.3, -0.25) is 0 Å². The second-order valence-corrected chi connectivity index (χ2v) is 6.47. The van der Waals surface area contributed by atoms with E-state index in [2.05, 4.69) is 53.7 Å². The molecule has 0 radical (unpaired) electrons. The number of hydrogen-bond acceptors (Lipinski definition) is 5. The van der Waals surface area contributed by atoms with Crippen molar-refractivity contribution in [3.63, 3.8) is 0 Å². The summed E-state index contributed by atoms with van der Waals surface area (Å²) < 4.78 is 2.21. The van der Waals surface area contributed by atoms with Crippen LogP contribution in [0, 0.1) is 0 Å². The van der Waals surface area contributed by atoms with Gasteiger partial charge in [-0.1, -0.05) is 37.3 Å². The largest absolute Gasteiger partial charge is 0.347 e. The van der Waals surface area contributed by atoms with Crippen LogP contribution in [0.3, 0.4) is 0 Å². The van der Waals surface area contributed by atoms with Crippen molar-refractivity contribution in [2.45, 2.75) is 26.4 Å². The number of benzene rings is 1. The molecule has 130 valence electrons. The van der Waals surface area contributed by atoms with Crippen LogP contribution in [-0.4, -0.2) is 36.3 Å². The molecule has 4 aromatic rings. The van der Waals surface area contributed by atoms with Gasteiger partial charge in [-0.2, -0.15) is 0 Å². The highest BCUT2D eigenvalue weighted by molar-refractivity contribution is 5.90. The average Bonchev–Trinajstić information content (AvgIpc) is 3.32. The van der Waals surface area contributed by atoms with Crippen LogP contribution < -0.4 is 4.90 Å². The molecule has 26 heavy (non-hydrogen) atoms. The first kappa shape index (κ1) is 15.1. The first-order valence-electron chi connectivity index (χ1n) is 8.88. The summed E-state index contributed by atoms with van der Waals surface area (Å²) in [5, 5.41) is 9.99. The molecular formula is C19H19N7. The zero-order valence-corrected chi connectivity index (χ0v) is 14.6. The summed E-state index contributed by atoms with van der Waals surface area (Å²) in [6.45, 7) is 4.55. The van der Waals surface area contributed by atoms with E-state index in [1.165, 1.54) is 5.56 Å². The summed E-state index contributed by atoms with van der Waals surface area (Å²) in [7, 11) is 0. The molecule has 1 aromatic carbocycles. The van der Waals surface area contributed by atoms with Gasteiger partial charge in [0.2, 0.25) is 0 Å². The van der Waals surface area contributed by atoms with Crippen LogP contribution in [0.5, 0.6) is 0 Å². The molecule has 0 saturated carbocycles. The number of anilines is 1. The summed E-state index contributed by atoms with van der Waals surface area (Å²) in [5.41, 5.74) is 3.24. The third kappa shape index (κ3) is 2.28. The highest BCUT2D eigenvalue weighted by Gasteiger charge is 2.24. The lowest BCUT2D eigenvalue weighted by Crippen LogP contribution is -2.34. The molecule has 4 heterocycles. The smallest absolute Gasteiger partial charge is 0.164 e. The molecule has 0 saturated heterocycles. The van der Waals surface area contributed by atoms with E-state index in [1.807, 2.05) is 24.4 Å².